The Bertz CT molecular complexity index is 417. The van der Waals surface area contributed by atoms with E-state index in [1.54, 1.807) is 14.2 Å². The standard InChI is InChI=1S/C15H24N2O2/c1-11-14(18-2)7-4-12(15(11)19-3)10-16-8-9-17-13-5-6-13/h4,7,13,16-17H,5-6,8-10H2,1-3H3. The summed E-state index contributed by atoms with van der Waals surface area (Å²) in [5.74, 6) is 1.79. The van der Waals surface area contributed by atoms with Crippen molar-refractivity contribution in [3.8, 4) is 11.5 Å². The second kappa shape index (κ2) is 6.78. The highest BCUT2D eigenvalue weighted by molar-refractivity contribution is 5.49. The minimum atomic E-state index is 0.777. The van der Waals surface area contributed by atoms with Crippen molar-refractivity contribution in [1.82, 2.24) is 10.6 Å². The van der Waals surface area contributed by atoms with Crippen LogP contribution in [-0.4, -0.2) is 33.4 Å². The van der Waals surface area contributed by atoms with E-state index in [1.165, 1.54) is 18.4 Å². The lowest BCUT2D eigenvalue weighted by molar-refractivity contribution is 0.384. The molecule has 0 amide bonds. The number of rotatable bonds is 8. The molecule has 1 aromatic carbocycles. The topological polar surface area (TPSA) is 42.5 Å². The third-order valence-electron chi connectivity index (χ3n) is 3.49. The highest BCUT2D eigenvalue weighted by Gasteiger charge is 2.19. The van der Waals surface area contributed by atoms with Crippen LogP contribution >= 0.6 is 0 Å². The predicted molar refractivity (Wildman–Crippen MR) is 77.0 cm³/mol. The summed E-state index contributed by atoms with van der Waals surface area (Å²) in [5.41, 5.74) is 2.23. The number of nitrogens with one attached hydrogen (secondary N) is 2. The van der Waals surface area contributed by atoms with E-state index >= 15 is 0 Å². The Labute approximate surface area is 115 Å². The fraction of sp³-hybridized carbons (Fsp3) is 0.600. The number of hydrogen-bond donors (Lipinski definition) is 2. The summed E-state index contributed by atoms with van der Waals surface area (Å²) in [7, 11) is 3.39. The summed E-state index contributed by atoms with van der Waals surface area (Å²) in [4.78, 5) is 0. The quantitative estimate of drug-likeness (QED) is 0.703. The van der Waals surface area contributed by atoms with Gasteiger partial charge in [-0.15, -0.1) is 0 Å². The molecule has 1 saturated carbocycles. The van der Waals surface area contributed by atoms with E-state index < -0.39 is 0 Å². The van der Waals surface area contributed by atoms with Crippen LogP contribution in [0.15, 0.2) is 12.1 Å². The van der Waals surface area contributed by atoms with Crippen molar-refractivity contribution in [2.75, 3.05) is 27.3 Å². The number of ether oxygens (including phenoxy) is 2. The molecule has 2 rings (SSSR count). The maximum Gasteiger partial charge on any atom is 0.129 e. The van der Waals surface area contributed by atoms with Crippen LogP contribution in [0.4, 0.5) is 0 Å². The van der Waals surface area contributed by atoms with Gasteiger partial charge in [0.15, 0.2) is 0 Å². The van der Waals surface area contributed by atoms with Crippen molar-refractivity contribution >= 4 is 0 Å². The molecule has 0 saturated heterocycles. The van der Waals surface area contributed by atoms with E-state index in [1.807, 2.05) is 13.0 Å². The predicted octanol–water partition coefficient (Wildman–Crippen LogP) is 1.85. The Kier molecular flexibility index (Phi) is 5.05. The van der Waals surface area contributed by atoms with Gasteiger partial charge in [-0.25, -0.2) is 0 Å². The van der Waals surface area contributed by atoms with Crippen molar-refractivity contribution in [3.05, 3.63) is 23.3 Å². The summed E-state index contributed by atoms with van der Waals surface area (Å²) >= 11 is 0. The first-order valence-electron chi connectivity index (χ1n) is 6.90. The van der Waals surface area contributed by atoms with Gasteiger partial charge < -0.3 is 20.1 Å². The summed E-state index contributed by atoms with van der Waals surface area (Å²) in [6, 6.07) is 4.84. The molecule has 0 spiro atoms. The van der Waals surface area contributed by atoms with E-state index in [0.29, 0.717) is 0 Å². The third-order valence-corrected chi connectivity index (χ3v) is 3.49. The average molecular weight is 264 g/mol. The Morgan fingerprint density at radius 3 is 2.58 bits per heavy atom. The van der Waals surface area contributed by atoms with Gasteiger partial charge in [-0.05, 0) is 25.8 Å². The largest absolute Gasteiger partial charge is 0.496 e. The third kappa shape index (κ3) is 3.85. The fourth-order valence-corrected chi connectivity index (χ4v) is 2.25. The van der Waals surface area contributed by atoms with Crippen LogP contribution in [-0.2, 0) is 6.54 Å². The highest BCUT2D eigenvalue weighted by Crippen LogP contribution is 2.31. The van der Waals surface area contributed by atoms with Gasteiger partial charge in [-0.2, -0.15) is 0 Å². The molecule has 0 unspecified atom stereocenters. The zero-order valence-corrected chi connectivity index (χ0v) is 12.1. The number of hydrogen-bond acceptors (Lipinski definition) is 4. The second-order valence-electron chi connectivity index (χ2n) is 4.99. The zero-order valence-electron chi connectivity index (χ0n) is 12.1. The molecule has 19 heavy (non-hydrogen) atoms. The van der Waals surface area contributed by atoms with Crippen molar-refractivity contribution in [3.63, 3.8) is 0 Å². The Morgan fingerprint density at radius 1 is 1.16 bits per heavy atom. The molecule has 2 N–H and O–H groups in total. The molecule has 0 atom stereocenters. The molecule has 0 bridgehead atoms. The lowest BCUT2D eigenvalue weighted by Gasteiger charge is -2.15. The number of methoxy groups -OCH3 is 2. The minimum Gasteiger partial charge on any atom is -0.496 e. The second-order valence-corrected chi connectivity index (χ2v) is 4.99. The lowest BCUT2D eigenvalue weighted by Crippen LogP contribution is -2.28. The minimum absolute atomic E-state index is 0.777. The van der Waals surface area contributed by atoms with Crippen molar-refractivity contribution in [1.29, 1.82) is 0 Å². The maximum atomic E-state index is 5.49. The van der Waals surface area contributed by atoms with Gasteiger partial charge in [0, 0.05) is 36.8 Å². The van der Waals surface area contributed by atoms with Gasteiger partial charge in [0.25, 0.3) is 0 Å². The van der Waals surface area contributed by atoms with E-state index in [0.717, 1.165) is 42.7 Å². The van der Waals surface area contributed by atoms with Gasteiger partial charge in [0.1, 0.15) is 11.5 Å². The lowest BCUT2D eigenvalue weighted by atomic mass is 10.1. The average Bonchev–Trinajstić information content (AvgIpc) is 3.23. The van der Waals surface area contributed by atoms with E-state index in [-0.39, 0.29) is 0 Å². The van der Waals surface area contributed by atoms with Crippen LogP contribution in [0.25, 0.3) is 0 Å². The van der Waals surface area contributed by atoms with Crippen LogP contribution in [0.5, 0.6) is 11.5 Å². The molecule has 1 aromatic rings. The Balaban J connectivity index is 1.85. The summed E-state index contributed by atoms with van der Waals surface area (Å²) < 4.78 is 10.8. The van der Waals surface area contributed by atoms with Crippen LogP contribution in [0.3, 0.4) is 0 Å². The fourth-order valence-electron chi connectivity index (χ4n) is 2.25. The van der Waals surface area contributed by atoms with Crippen LogP contribution in [0.1, 0.15) is 24.0 Å². The molecule has 4 heteroatoms. The molecular weight excluding hydrogens is 240 g/mol. The molecule has 0 heterocycles. The van der Waals surface area contributed by atoms with Crippen LogP contribution in [0, 0.1) is 6.92 Å². The first-order valence-corrected chi connectivity index (χ1v) is 6.90. The van der Waals surface area contributed by atoms with E-state index in [4.69, 9.17) is 9.47 Å². The first kappa shape index (κ1) is 14.2. The molecule has 1 fully saturated rings. The van der Waals surface area contributed by atoms with Gasteiger partial charge >= 0.3 is 0 Å². The monoisotopic (exact) mass is 264 g/mol. The molecule has 106 valence electrons. The molecule has 1 aliphatic rings. The maximum absolute atomic E-state index is 5.49. The van der Waals surface area contributed by atoms with Gasteiger partial charge in [-0.3, -0.25) is 0 Å². The molecule has 0 aromatic heterocycles. The van der Waals surface area contributed by atoms with Gasteiger partial charge in [-0.1, -0.05) is 6.07 Å². The van der Waals surface area contributed by atoms with Crippen molar-refractivity contribution < 1.29 is 9.47 Å². The highest BCUT2D eigenvalue weighted by atomic mass is 16.5. The number of benzene rings is 1. The molecule has 0 radical (unpaired) electrons. The zero-order chi connectivity index (χ0) is 13.7. The normalized spacial score (nSPS) is 14.5. The van der Waals surface area contributed by atoms with E-state index in [2.05, 4.69) is 16.7 Å². The molecular formula is C15H24N2O2. The van der Waals surface area contributed by atoms with Crippen molar-refractivity contribution in [2.24, 2.45) is 0 Å². The summed E-state index contributed by atoms with van der Waals surface area (Å²) in [6.07, 6.45) is 2.68. The molecule has 4 nitrogen and oxygen atoms in total. The Morgan fingerprint density at radius 2 is 1.95 bits per heavy atom. The summed E-state index contributed by atoms with van der Waals surface area (Å²) in [6.45, 7) is 4.85. The molecule has 1 aliphatic carbocycles. The first-order chi connectivity index (χ1) is 9.26. The van der Waals surface area contributed by atoms with Crippen LogP contribution in [0.2, 0.25) is 0 Å². The summed E-state index contributed by atoms with van der Waals surface area (Å²) in [5, 5.41) is 6.93. The van der Waals surface area contributed by atoms with Gasteiger partial charge in [0.05, 0.1) is 14.2 Å². The molecule has 0 aliphatic heterocycles. The SMILES string of the molecule is COc1ccc(CNCCNC2CC2)c(OC)c1C. The smallest absolute Gasteiger partial charge is 0.129 e. The van der Waals surface area contributed by atoms with Gasteiger partial charge in [0.2, 0.25) is 0 Å². The van der Waals surface area contributed by atoms with Crippen molar-refractivity contribution in [2.45, 2.75) is 32.4 Å². The Hall–Kier alpha value is -1.26. The van der Waals surface area contributed by atoms with Crippen LogP contribution < -0.4 is 20.1 Å². The van der Waals surface area contributed by atoms with E-state index in [9.17, 15) is 0 Å².